The van der Waals surface area contributed by atoms with Gasteiger partial charge in [0.15, 0.2) is 5.78 Å². The van der Waals surface area contributed by atoms with Crippen LogP contribution in [-0.2, 0) is 0 Å². The van der Waals surface area contributed by atoms with Crippen molar-refractivity contribution in [3.8, 4) is 6.07 Å². The Morgan fingerprint density at radius 1 is 1.25 bits per heavy atom. The van der Waals surface area contributed by atoms with Crippen molar-refractivity contribution in [2.75, 3.05) is 31.5 Å². The number of hydrogen-bond donors (Lipinski definition) is 2. The molecule has 5 heteroatoms. The third-order valence-corrected chi connectivity index (χ3v) is 5.45. The predicted octanol–water partition coefficient (Wildman–Crippen LogP) is 3.62. The first-order valence-corrected chi connectivity index (χ1v) is 9.81. The maximum absolute atomic E-state index is 11.6. The van der Waals surface area contributed by atoms with Crippen molar-refractivity contribution in [2.24, 2.45) is 5.92 Å². The molecular weight excluding hydrogens is 350 g/mol. The number of aliphatic hydroxyl groups is 1. The average Bonchev–Trinajstić information content (AvgIpc) is 2.73. The van der Waals surface area contributed by atoms with Gasteiger partial charge in [-0.05, 0) is 62.5 Å². The minimum atomic E-state index is -0.455. The fourth-order valence-corrected chi connectivity index (χ4v) is 3.66. The Hall–Kier alpha value is -2.68. The molecule has 1 saturated heterocycles. The molecule has 1 aliphatic rings. The number of carbonyl (C=O) groups is 1. The van der Waals surface area contributed by atoms with Crippen LogP contribution < -0.4 is 5.32 Å². The number of rotatable bonds is 7. The first kappa shape index (κ1) is 20.1. The van der Waals surface area contributed by atoms with E-state index in [2.05, 4.69) is 16.3 Å². The number of nitrogens with zero attached hydrogens (tertiary/aromatic N) is 2. The van der Waals surface area contributed by atoms with Gasteiger partial charge in [0.2, 0.25) is 0 Å². The zero-order valence-corrected chi connectivity index (χ0v) is 16.3. The van der Waals surface area contributed by atoms with Crippen molar-refractivity contribution in [2.45, 2.75) is 25.9 Å². The average molecular weight is 377 g/mol. The van der Waals surface area contributed by atoms with Crippen LogP contribution in [-0.4, -0.2) is 42.0 Å². The Bertz CT molecular complexity index is 837. The molecule has 0 bridgehead atoms. The maximum atomic E-state index is 11.6. The second-order valence-electron chi connectivity index (χ2n) is 7.48. The number of carbonyl (C=O) groups excluding carboxylic acids is 1. The Morgan fingerprint density at radius 3 is 2.61 bits per heavy atom. The van der Waals surface area contributed by atoms with E-state index in [0.717, 1.165) is 43.7 Å². The Balaban J connectivity index is 1.49. The molecule has 146 valence electrons. The zero-order chi connectivity index (χ0) is 19.9. The number of ketones is 1. The highest BCUT2D eigenvalue weighted by atomic mass is 16.3. The van der Waals surface area contributed by atoms with E-state index >= 15 is 0 Å². The highest BCUT2D eigenvalue weighted by Crippen LogP contribution is 2.23. The molecule has 1 heterocycles. The minimum absolute atomic E-state index is 0.00202. The summed E-state index contributed by atoms with van der Waals surface area (Å²) in [4.78, 5) is 13.9. The molecule has 5 nitrogen and oxygen atoms in total. The summed E-state index contributed by atoms with van der Waals surface area (Å²) in [5.74, 6) is 0.510. The smallest absolute Gasteiger partial charge is 0.159 e. The summed E-state index contributed by atoms with van der Waals surface area (Å²) >= 11 is 0. The van der Waals surface area contributed by atoms with Crippen molar-refractivity contribution in [3.05, 3.63) is 65.2 Å². The number of piperidine rings is 1. The second-order valence-corrected chi connectivity index (χ2v) is 7.48. The van der Waals surface area contributed by atoms with E-state index in [0.29, 0.717) is 23.6 Å². The van der Waals surface area contributed by atoms with Crippen molar-refractivity contribution >= 4 is 11.5 Å². The van der Waals surface area contributed by atoms with E-state index in [9.17, 15) is 15.2 Å². The highest BCUT2D eigenvalue weighted by molar-refractivity contribution is 5.95. The molecule has 2 N–H and O–H groups in total. The van der Waals surface area contributed by atoms with Crippen molar-refractivity contribution in [1.82, 2.24) is 4.90 Å². The summed E-state index contributed by atoms with van der Waals surface area (Å²) in [6.07, 6.45) is 1.63. The summed E-state index contributed by atoms with van der Waals surface area (Å²) in [7, 11) is 0. The first-order chi connectivity index (χ1) is 13.6. The van der Waals surface area contributed by atoms with Crippen molar-refractivity contribution < 1.29 is 9.90 Å². The third kappa shape index (κ3) is 5.19. The van der Waals surface area contributed by atoms with Crippen molar-refractivity contribution in [1.29, 1.82) is 5.26 Å². The second kappa shape index (κ2) is 9.50. The topological polar surface area (TPSA) is 76.4 Å². The van der Waals surface area contributed by atoms with Crippen LogP contribution >= 0.6 is 0 Å². The number of benzene rings is 2. The van der Waals surface area contributed by atoms with Crippen LogP contribution in [0.3, 0.4) is 0 Å². The number of aliphatic hydroxyl groups excluding tert-OH is 1. The Labute approximate surface area is 166 Å². The number of β-amino-alcohol motifs (C(OH)–C–C–N with tert-alkyl or cyclic N) is 1. The van der Waals surface area contributed by atoms with Gasteiger partial charge in [0.1, 0.15) is 6.07 Å². The van der Waals surface area contributed by atoms with Gasteiger partial charge in [-0.2, -0.15) is 5.26 Å². The van der Waals surface area contributed by atoms with Crippen LogP contribution in [0.1, 0.15) is 47.4 Å². The SMILES string of the molecule is CC(=O)c1ccc(C#N)c(NCC2CCN(CC(O)c3ccccc3)CC2)c1. The number of nitrogens with one attached hydrogen (secondary N) is 1. The van der Waals surface area contributed by atoms with E-state index in [1.165, 1.54) is 6.92 Å². The molecule has 1 fully saturated rings. The predicted molar refractivity (Wildman–Crippen MR) is 110 cm³/mol. The molecule has 0 radical (unpaired) electrons. The molecule has 1 aliphatic heterocycles. The Morgan fingerprint density at radius 2 is 1.96 bits per heavy atom. The number of nitriles is 1. The molecule has 3 rings (SSSR count). The number of likely N-dealkylation sites (tertiary alicyclic amines) is 1. The minimum Gasteiger partial charge on any atom is -0.387 e. The number of anilines is 1. The van der Waals surface area contributed by atoms with Gasteiger partial charge in [-0.15, -0.1) is 0 Å². The molecule has 0 aromatic heterocycles. The first-order valence-electron chi connectivity index (χ1n) is 9.81. The molecule has 28 heavy (non-hydrogen) atoms. The highest BCUT2D eigenvalue weighted by Gasteiger charge is 2.21. The van der Waals surface area contributed by atoms with E-state index in [-0.39, 0.29) is 5.78 Å². The standard InChI is InChI=1S/C23H27N3O2/c1-17(27)20-7-8-21(14-24)22(13-20)25-15-18-9-11-26(12-10-18)16-23(28)19-5-3-2-4-6-19/h2-8,13,18,23,25,28H,9-12,15-16H2,1H3. The normalized spacial score (nSPS) is 16.3. The molecule has 0 saturated carbocycles. The molecule has 2 aromatic carbocycles. The summed E-state index contributed by atoms with van der Waals surface area (Å²) in [5, 5.41) is 23.1. The van der Waals surface area contributed by atoms with Gasteiger partial charge in [-0.3, -0.25) is 4.79 Å². The van der Waals surface area contributed by atoms with E-state index in [1.54, 1.807) is 18.2 Å². The lowest BCUT2D eigenvalue weighted by Crippen LogP contribution is -2.38. The van der Waals surface area contributed by atoms with Gasteiger partial charge >= 0.3 is 0 Å². The lowest BCUT2D eigenvalue weighted by atomic mass is 9.95. The van der Waals surface area contributed by atoms with Crippen LogP contribution in [0.5, 0.6) is 0 Å². The zero-order valence-electron chi connectivity index (χ0n) is 16.3. The number of Topliss-reactive ketones (excluding diaryl/α,β-unsaturated/α-hetero) is 1. The van der Waals surface area contributed by atoms with Gasteiger partial charge in [-0.25, -0.2) is 0 Å². The van der Waals surface area contributed by atoms with Gasteiger partial charge in [0.25, 0.3) is 0 Å². The van der Waals surface area contributed by atoms with E-state index in [4.69, 9.17) is 0 Å². The van der Waals surface area contributed by atoms with Gasteiger partial charge in [-0.1, -0.05) is 30.3 Å². The van der Waals surface area contributed by atoms with Gasteiger partial charge < -0.3 is 15.3 Å². The van der Waals surface area contributed by atoms with Crippen LogP contribution in [0.15, 0.2) is 48.5 Å². The number of hydrogen-bond acceptors (Lipinski definition) is 5. The third-order valence-electron chi connectivity index (χ3n) is 5.45. The summed E-state index contributed by atoms with van der Waals surface area (Å²) < 4.78 is 0. The molecule has 2 aromatic rings. The van der Waals surface area contributed by atoms with Crippen LogP contribution in [0.4, 0.5) is 5.69 Å². The van der Waals surface area contributed by atoms with Crippen LogP contribution in [0.25, 0.3) is 0 Å². The van der Waals surface area contributed by atoms with E-state index in [1.807, 2.05) is 30.3 Å². The largest absolute Gasteiger partial charge is 0.387 e. The quantitative estimate of drug-likeness (QED) is 0.721. The molecule has 1 unspecified atom stereocenters. The molecule has 0 aliphatic carbocycles. The molecule has 0 amide bonds. The van der Waals surface area contributed by atoms with Gasteiger partial charge in [0, 0.05) is 18.7 Å². The summed E-state index contributed by atoms with van der Waals surface area (Å²) in [5.41, 5.74) is 2.87. The van der Waals surface area contributed by atoms with Crippen LogP contribution in [0, 0.1) is 17.2 Å². The Kier molecular flexibility index (Phi) is 6.80. The monoisotopic (exact) mass is 377 g/mol. The fourth-order valence-electron chi connectivity index (χ4n) is 3.66. The maximum Gasteiger partial charge on any atom is 0.159 e. The fraction of sp³-hybridized carbons (Fsp3) is 0.391. The lowest BCUT2D eigenvalue weighted by Gasteiger charge is -2.33. The molecular formula is C23H27N3O2. The summed E-state index contributed by atoms with van der Waals surface area (Å²) in [6, 6.07) is 17.1. The van der Waals surface area contributed by atoms with Gasteiger partial charge in [0.05, 0.1) is 17.4 Å². The lowest BCUT2D eigenvalue weighted by molar-refractivity contribution is 0.0909. The van der Waals surface area contributed by atoms with Crippen LogP contribution in [0.2, 0.25) is 0 Å². The van der Waals surface area contributed by atoms with Crippen molar-refractivity contribution in [3.63, 3.8) is 0 Å². The molecule has 0 spiro atoms. The van der Waals surface area contributed by atoms with E-state index < -0.39 is 6.10 Å². The summed E-state index contributed by atoms with van der Waals surface area (Å²) in [6.45, 7) is 4.88. The molecule has 1 atom stereocenters.